The molecular formula is C9H17F3N2O2. The molecule has 0 radical (unpaired) electrons. The van der Waals surface area contributed by atoms with Gasteiger partial charge in [-0.1, -0.05) is 6.92 Å². The summed E-state index contributed by atoms with van der Waals surface area (Å²) in [4.78, 5) is 11.0. The van der Waals surface area contributed by atoms with Crippen molar-refractivity contribution in [3.05, 3.63) is 0 Å². The summed E-state index contributed by atoms with van der Waals surface area (Å²) in [5, 5.41) is 1.71. The van der Waals surface area contributed by atoms with Crippen molar-refractivity contribution in [2.45, 2.75) is 32.0 Å². The lowest BCUT2D eigenvalue weighted by Crippen LogP contribution is -2.42. The van der Waals surface area contributed by atoms with E-state index in [1.54, 1.807) is 12.2 Å². The van der Waals surface area contributed by atoms with E-state index in [4.69, 9.17) is 10.5 Å². The molecule has 0 aromatic carbocycles. The van der Waals surface area contributed by atoms with Crippen LogP contribution in [-0.2, 0) is 9.53 Å². The smallest absolute Gasteiger partial charge is 0.364 e. The molecule has 1 amide bonds. The Morgan fingerprint density at radius 1 is 1.44 bits per heavy atom. The van der Waals surface area contributed by atoms with Crippen LogP contribution in [-0.4, -0.2) is 37.4 Å². The number of ether oxygens (including phenoxy) is 1. The molecule has 0 aliphatic carbocycles. The SMILES string of the molecule is CCC(C)(CN)OCC(=O)NCC(F)(F)F. The lowest BCUT2D eigenvalue weighted by atomic mass is 10.0. The third-order valence-electron chi connectivity index (χ3n) is 2.22. The summed E-state index contributed by atoms with van der Waals surface area (Å²) in [5.74, 6) is -0.801. The number of nitrogens with one attached hydrogen (secondary N) is 1. The van der Waals surface area contributed by atoms with Crippen molar-refractivity contribution in [2.24, 2.45) is 5.73 Å². The molecule has 16 heavy (non-hydrogen) atoms. The van der Waals surface area contributed by atoms with Gasteiger partial charge in [0.2, 0.25) is 5.91 Å². The maximum Gasteiger partial charge on any atom is 0.405 e. The van der Waals surface area contributed by atoms with Gasteiger partial charge < -0.3 is 15.8 Å². The molecule has 4 nitrogen and oxygen atoms in total. The number of nitrogens with two attached hydrogens (primary N) is 1. The van der Waals surface area contributed by atoms with Crippen LogP contribution in [0.25, 0.3) is 0 Å². The number of hydrogen-bond donors (Lipinski definition) is 2. The number of carbonyl (C=O) groups excluding carboxylic acids is 1. The van der Waals surface area contributed by atoms with E-state index < -0.39 is 30.8 Å². The molecular weight excluding hydrogens is 225 g/mol. The van der Waals surface area contributed by atoms with Crippen LogP contribution in [0.3, 0.4) is 0 Å². The summed E-state index contributed by atoms with van der Waals surface area (Å²) in [7, 11) is 0. The highest BCUT2D eigenvalue weighted by atomic mass is 19.4. The van der Waals surface area contributed by atoms with Crippen LogP contribution in [0.5, 0.6) is 0 Å². The molecule has 0 aliphatic rings. The zero-order valence-electron chi connectivity index (χ0n) is 9.36. The molecule has 7 heteroatoms. The summed E-state index contributed by atoms with van der Waals surface area (Å²) in [6, 6.07) is 0. The van der Waals surface area contributed by atoms with Gasteiger partial charge in [0.1, 0.15) is 13.2 Å². The highest BCUT2D eigenvalue weighted by molar-refractivity contribution is 5.77. The molecule has 0 saturated carbocycles. The summed E-state index contributed by atoms with van der Waals surface area (Å²) in [5.41, 5.74) is 4.74. The third-order valence-corrected chi connectivity index (χ3v) is 2.22. The van der Waals surface area contributed by atoms with E-state index in [-0.39, 0.29) is 6.54 Å². The van der Waals surface area contributed by atoms with Crippen molar-refractivity contribution in [1.82, 2.24) is 5.32 Å². The van der Waals surface area contributed by atoms with Gasteiger partial charge in [-0.15, -0.1) is 0 Å². The topological polar surface area (TPSA) is 64.3 Å². The minimum Gasteiger partial charge on any atom is -0.364 e. The van der Waals surface area contributed by atoms with E-state index in [9.17, 15) is 18.0 Å². The van der Waals surface area contributed by atoms with E-state index in [0.717, 1.165) is 0 Å². The molecule has 0 heterocycles. The van der Waals surface area contributed by atoms with Crippen LogP contribution in [0.15, 0.2) is 0 Å². The molecule has 0 fully saturated rings. The first kappa shape index (κ1) is 15.2. The molecule has 1 atom stereocenters. The largest absolute Gasteiger partial charge is 0.405 e. The Morgan fingerprint density at radius 2 is 2.00 bits per heavy atom. The van der Waals surface area contributed by atoms with Gasteiger partial charge >= 0.3 is 6.18 Å². The fraction of sp³-hybridized carbons (Fsp3) is 0.889. The van der Waals surface area contributed by atoms with Gasteiger partial charge in [0, 0.05) is 6.54 Å². The van der Waals surface area contributed by atoms with Gasteiger partial charge in [0.15, 0.2) is 0 Å². The minimum absolute atomic E-state index is 0.204. The first-order chi connectivity index (χ1) is 7.22. The number of halogens is 3. The van der Waals surface area contributed by atoms with E-state index in [1.165, 1.54) is 0 Å². The molecule has 0 saturated heterocycles. The Kier molecular flexibility index (Phi) is 5.74. The maximum absolute atomic E-state index is 11.7. The molecule has 3 N–H and O–H groups in total. The Labute approximate surface area is 92.3 Å². The second-order valence-electron chi connectivity index (χ2n) is 3.69. The van der Waals surface area contributed by atoms with Gasteiger partial charge in [-0.05, 0) is 13.3 Å². The Bertz CT molecular complexity index is 227. The van der Waals surface area contributed by atoms with E-state index in [0.29, 0.717) is 6.42 Å². The normalized spacial score (nSPS) is 15.6. The zero-order chi connectivity index (χ0) is 12.8. The van der Waals surface area contributed by atoms with Crippen LogP contribution >= 0.6 is 0 Å². The van der Waals surface area contributed by atoms with E-state index in [1.807, 2.05) is 6.92 Å². The molecule has 0 spiro atoms. The Balaban J connectivity index is 3.90. The molecule has 0 aromatic heterocycles. The number of carbonyl (C=O) groups is 1. The minimum atomic E-state index is -4.41. The Morgan fingerprint density at radius 3 is 2.38 bits per heavy atom. The van der Waals surface area contributed by atoms with Crippen LogP contribution < -0.4 is 11.1 Å². The predicted octanol–water partition coefficient (Wildman–Crippen LogP) is 0.809. The monoisotopic (exact) mass is 242 g/mol. The highest BCUT2D eigenvalue weighted by Gasteiger charge is 2.28. The zero-order valence-corrected chi connectivity index (χ0v) is 9.36. The first-order valence-corrected chi connectivity index (χ1v) is 4.90. The summed E-state index contributed by atoms with van der Waals surface area (Å²) in [6.07, 6.45) is -3.83. The molecule has 96 valence electrons. The standard InChI is InChI=1S/C9H17F3N2O2/c1-3-8(2,5-13)16-4-7(15)14-6-9(10,11)12/h3-6,13H2,1-2H3,(H,14,15). The van der Waals surface area contributed by atoms with Gasteiger partial charge in [-0.25, -0.2) is 0 Å². The van der Waals surface area contributed by atoms with Crippen molar-refractivity contribution < 1.29 is 22.7 Å². The van der Waals surface area contributed by atoms with E-state index in [2.05, 4.69) is 0 Å². The van der Waals surface area contributed by atoms with Gasteiger partial charge in [-0.3, -0.25) is 4.79 Å². The number of rotatable bonds is 6. The van der Waals surface area contributed by atoms with Gasteiger partial charge in [-0.2, -0.15) is 13.2 Å². The molecule has 0 aliphatic heterocycles. The molecule has 0 bridgehead atoms. The number of alkyl halides is 3. The molecule has 0 aromatic rings. The summed E-state index contributed by atoms with van der Waals surface area (Å²) < 4.78 is 40.4. The average molecular weight is 242 g/mol. The van der Waals surface area contributed by atoms with Crippen LogP contribution in [0, 0.1) is 0 Å². The quantitative estimate of drug-likeness (QED) is 0.724. The van der Waals surface area contributed by atoms with Gasteiger partial charge in [0.05, 0.1) is 5.60 Å². The first-order valence-electron chi connectivity index (χ1n) is 4.90. The van der Waals surface area contributed by atoms with Crippen molar-refractivity contribution >= 4 is 5.91 Å². The van der Waals surface area contributed by atoms with E-state index >= 15 is 0 Å². The van der Waals surface area contributed by atoms with Crippen molar-refractivity contribution in [3.63, 3.8) is 0 Å². The lowest BCUT2D eigenvalue weighted by molar-refractivity contribution is -0.144. The van der Waals surface area contributed by atoms with Crippen LogP contribution in [0.2, 0.25) is 0 Å². The highest BCUT2D eigenvalue weighted by Crippen LogP contribution is 2.13. The third kappa shape index (κ3) is 6.62. The number of hydrogen-bond acceptors (Lipinski definition) is 3. The second kappa shape index (κ2) is 6.05. The number of amides is 1. The summed E-state index contributed by atoms with van der Waals surface area (Å²) >= 11 is 0. The fourth-order valence-corrected chi connectivity index (χ4v) is 0.795. The van der Waals surface area contributed by atoms with Crippen LogP contribution in [0.4, 0.5) is 13.2 Å². The molecule has 0 rings (SSSR count). The van der Waals surface area contributed by atoms with Crippen LogP contribution in [0.1, 0.15) is 20.3 Å². The maximum atomic E-state index is 11.7. The predicted molar refractivity (Wildman–Crippen MR) is 52.8 cm³/mol. The lowest BCUT2D eigenvalue weighted by Gasteiger charge is -2.26. The van der Waals surface area contributed by atoms with Gasteiger partial charge in [0.25, 0.3) is 0 Å². The van der Waals surface area contributed by atoms with Crippen molar-refractivity contribution in [1.29, 1.82) is 0 Å². The average Bonchev–Trinajstić information content (AvgIpc) is 2.22. The fourth-order valence-electron chi connectivity index (χ4n) is 0.795. The van der Waals surface area contributed by atoms with Crippen molar-refractivity contribution in [2.75, 3.05) is 19.7 Å². The Hall–Kier alpha value is -0.820. The summed E-state index contributed by atoms with van der Waals surface area (Å²) in [6.45, 7) is 1.96. The molecule has 1 unspecified atom stereocenters. The van der Waals surface area contributed by atoms with Crippen molar-refractivity contribution in [3.8, 4) is 0 Å². The second-order valence-corrected chi connectivity index (χ2v) is 3.69.